The molecule has 0 saturated heterocycles. The predicted octanol–water partition coefficient (Wildman–Crippen LogP) is 5.07. The molecule has 1 aromatic heterocycles. The third kappa shape index (κ3) is 4.46. The molecule has 3 rings (SSSR count). The van der Waals surface area contributed by atoms with Crippen LogP contribution in [-0.4, -0.2) is 18.0 Å². The van der Waals surface area contributed by atoms with Crippen LogP contribution in [0.4, 0.5) is 5.69 Å². The van der Waals surface area contributed by atoms with Crippen molar-refractivity contribution in [2.24, 2.45) is 0 Å². The maximum absolute atomic E-state index is 12.4. The maximum Gasteiger partial charge on any atom is 0.275 e. The minimum atomic E-state index is -0.192. The van der Waals surface area contributed by atoms with Crippen LogP contribution < -0.4 is 10.1 Å². The SMILES string of the molecule is COc1ccc(Cc2nc(C(=O)Nc3ccc(Br)cc3C)cs2)cc1. The van der Waals surface area contributed by atoms with E-state index in [1.807, 2.05) is 49.4 Å². The topological polar surface area (TPSA) is 51.2 Å². The molecular formula is C19H17BrN2O2S. The van der Waals surface area contributed by atoms with Crippen LogP contribution in [0.15, 0.2) is 52.3 Å². The Bertz CT molecular complexity index is 891. The van der Waals surface area contributed by atoms with Gasteiger partial charge in [0.1, 0.15) is 11.4 Å². The summed E-state index contributed by atoms with van der Waals surface area (Å²) in [4.78, 5) is 16.9. The van der Waals surface area contributed by atoms with E-state index in [9.17, 15) is 4.79 Å². The number of carbonyl (C=O) groups excluding carboxylic acids is 1. The number of halogens is 1. The van der Waals surface area contributed by atoms with Gasteiger partial charge in [-0.05, 0) is 48.4 Å². The second kappa shape index (κ2) is 7.80. The molecule has 0 saturated carbocycles. The number of anilines is 1. The standard InChI is InChI=1S/C19H17BrN2O2S/c1-12-9-14(20)5-8-16(12)22-19(23)17-11-25-18(21-17)10-13-3-6-15(24-2)7-4-13/h3-9,11H,10H2,1-2H3,(H,22,23). The predicted molar refractivity (Wildman–Crippen MR) is 105 cm³/mol. The number of thiazole rings is 1. The average Bonchev–Trinajstić information content (AvgIpc) is 3.07. The highest BCUT2D eigenvalue weighted by Crippen LogP contribution is 2.22. The highest BCUT2D eigenvalue weighted by atomic mass is 79.9. The molecule has 0 unspecified atom stereocenters. The van der Waals surface area contributed by atoms with E-state index in [4.69, 9.17) is 4.74 Å². The highest BCUT2D eigenvalue weighted by Gasteiger charge is 2.12. The lowest BCUT2D eigenvalue weighted by Crippen LogP contribution is -2.13. The van der Waals surface area contributed by atoms with Crippen molar-refractivity contribution in [2.45, 2.75) is 13.3 Å². The summed E-state index contributed by atoms with van der Waals surface area (Å²) in [7, 11) is 1.65. The van der Waals surface area contributed by atoms with Crippen LogP contribution in [0.2, 0.25) is 0 Å². The zero-order valence-corrected chi connectivity index (χ0v) is 16.3. The Labute approximate surface area is 159 Å². The quantitative estimate of drug-likeness (QED) is 0.631. The molecule has 6 heteroatoms. The molecule has 0 aliphatic carbocycles. The van der Waals surface area contributed by atoms with E-state index in [0.29, 0.717) is 12.1 Å². The van der Waals surface area contributed by atoms with Crippen molar-refractivity contribution >= 4 is 38.9 Å². The van der Waals surface area contributed by atoms with Crippen LogP contribution in [-0.2, 0) is 6.42 Å². The smallest absolute Gasteiger partial charge is 0.275 e. The summed E-state index contributed by atoms with van der Waals surface area (Å²) in [6.45, 7) is 1.95. The molecule has 3 aromatic rings. The van der Waals surface area contributed by atoms with Gasteiger partial charge in [-0.25, -0.2) is 4.98 Å². The van der Waals surface area contributed by atoms with Gasteiger partial charge in [-0.2, -0.15) is 0 Å². The van der Waals surface area contributed by atoms with E-state index < -0.39 is 0 Å². The van der Waals surface area contributed by atoms with Gasteiger partial charge in [0.25, 0.3) is 5.91 Å². The number of carbonyl (C=O) groups is 1. The molecule has 128 valence electrons. The van der Waals surface area contributed by atoms with Gasteiger partial charge >= 0.3 is 0 Å². The summed E-state index contributed by atoms with van der Waals surface area (Å²) in [6.07, 6.45) is 0.694. The van der Waals surface area contributed by atoms with Crippen molar-refractivity contribution in [3.05, 3.63) is 74.1 Å². The fourth-order valence-corrected chi connectivity index (χ4v) is 3.65. The monoisotopic (exact) mass is 416 g/mol. The Morgan fingerprint density at radius 3 is 2.68 bits per heavy atom. The summed E-state index contributed by atoms with van der Waals surface area (Å²) in [5.41, 5.74) is 3.36. The number of nitrogens with zero attached hydrogens (tertiary/aromatic N) is 1. The molecule has 0 aliphatic heterocycles. The van der Waals surface area contributed by atoms with E-state index in [1.165, 1.54) is 11.3 Å². The number of methoxy groups -OCH3 is 1. The zero-order valence-electron chi connectivity index (χ0n) is 13.9. The molecule has 1 amide bonds. The van der Waals surface area contributed by atoms with Crippen LogP contribution in [0.1, 0.15) is 26.6 Å². The largest absolute Gasteiger partial charge is 0.497 e. The average molecular weight is 417 g/mol. The number of nitrogens with one attached hydrogen (secondary N) is 1. The summed E-state index contributed by atoms with van der Waals surface area (Å²) in [5, 5.41) is 5.61. The van der Waals surface area contributed by atoms with Crippen molar-refractivity contribution in [1.29, 1.82) is 0 Å². The molecule has 2 aromatic carbocycles. The second-order valence-corrected chi connectivity index (χ2v) is 7.42. The van der Waals surface area contributed by atoms with Crippen molar-refractivity contribution in [1.82, 2.24) is 4.98 Å². The molecule has 0 atom stereocenters. The number of amides is 1. The van der Waals surface area contributed by atoms with Gasteiger partial charge in [-0.1, -0.05) is 28.1 Å². The molecule has 0 bridgehead atoms. The normalized spacial score (nSPS) is 10.5. The number of aromatic nitrogens is 1. The molecule has 4 nitrogen and oxygen atoms in total. The Hall–Kier alpha value is -2.18. The van der Waals surface area contributed by atoms with Gasteiger partial charge in [0.15, 0.2) is 0 Å². The Morgan fingerprint density at radius 1 is 1.24 bits per heavy atom. The van der Waals surface area contributed by atoms with Gasteiger partial charge < -0.3 is 10.1 Å². The summed E-state index contributed by atoms with van der Waals surface area (Å²) in [5.74, 6) is 0.635. The molecule has 1 heterocycles. The van der Waals surface area contributed by atoms with Crippen molar-refractivity contribution in [2.75, 3.05) is 12.4 Å². The zero-order chi connectivity index (χ0) is 17.8. The number of ether oxygens (including phenoxy) is 1. The molecule has 0 spiro atoms. The first-order valence-electron chi connectivity index (χ1n) is 7.70. The van der Waals surface area contributed by atoms with Crippen molar-refractivity contribution in [3.63, 3.8) is 0 Å². The number of rotatable bonds is 5. The minimum Gasteiger partial charge on any atom is -0.497 e. The lowest BCUT2D eigenvalue weighted by atomic mass is 10.1. The third-order valence-electron chi connectivity index (χ3n) is 3.74. The Balaban J connectivity index is 1.68. The van der Waals surface area contributed by atoms with E-state index in [0.717, 1.165) is 32.0 Å². The van der Waals surface area contributed by atoms with E-state index >= 15 is 0 Å². The van der Waals surface area contributed by atoms with Gasteiger partial charge in [0.05, 0.1) is 12.1 Å². The van der Waals surface area contributed by atoms with Crippen LogP contribution in [0, 0.1) is 6.92 Å². The number of aryl methyl sites for hydroxylation is 1. The van der Waals surface area contributed by atoms with Gasteiger partial charge in [-0.3, -0.25) is 4.79 Å². The van der Waals surface area contributed by atoms with E-state index in [-0.39, 0.29) is 5.91 Å². The molecular weight excluding hydrogens is 400 g/mol. The first-order chi connectivity index (χ1) is 12.0. The first-order valence-corrected chi connectivity index (χ1v) is 9.37. The van der Waals surface area contributed by atoms with Crippen molar-refractivity contribution < 1.29 is 9.53 Å². The van der Waals surface area contributed by atoms with Crippen LogP contribution in [0.3, 0.4) is 0 Å². The van der Waals surface area contributed by atoms with Crippen LogP contribution in [0.25, 0.3) is 0 Å². The van der Waals surface area contributed by atoms with Gasteiger partial charge in [-0.15, -0.1) is 11.3 Å². The number of hydrogen-bond acceptors (Lipinski definition) is 4. The fourth-order valence-electron chi connectivity index (χ4n) is 2.37. The van der Waals surface area contributed by atoms with E-state index in [2.05, 4.69) is 26.2 Å². The summed E-state index contributed by atoms with van der Waals surface area (Å²) >= 11 is 4.91. The molecule has 0 aliphatic rings. The van der Waals surface area contributed by atoms with Gasteiger partial charge in [0.2, 0.25) is 0 Å². The van der Waals surface area contributed by atoms with Crippen LogP contribution >= 0.6 is 27.3 Å². The molecule has 0 radical (unpaired) electrons. The van der Waals surface area contributed by atoms with Gasteiger partial charge in [0, 0.05) is 22.0 Å². The Kier molecular flexibility index (Phi) is 5.50. The molecule has 25 heavy (non-hydrogen) atoms. The summed E-state index contributed by atoms with van der Waals surface area (Å²) in [6, 6.07) is 13.6. The fraction of sp³-hybridized carbons (Fsp3) is 0.158. The second-order valence-electron chi connectivity index (χ2n) is 5.56. The Morgan fingerprint density at radius 2 is 2.00 bits per heavy atom. The number of benzene rings is 2. The lowest BCUT2D eigenvalue weighted by molar-refractivity contribution is 0.102. The lowest BCUT2D eigenvalue weighted by Gasteiger charge is -2.07. The van der Waals surface area contributed by atoms with E-state index in [1.54, 1.807) is 12.5 Å². The molecule has 0 fully saturated rings. The number of hydrogen-bond donors (Lipinski definition) is 1. The highest BCUT2D eigenvalue weighted by molar-refractivity contribution is 9.10. The first kappa shape index (κ1) is 17.6. The third-order valence-corrected chi connectivity index (χ3v) is 5.08. The maximum atomic E-state index is 12.4. The van der Waals surface area contributed by atoms with Crippen molar-refractivity contribution in [3.8, 4) is 5.75 Å². The summed E-state index contributed by atoms with van der Waals surface area (Å²) < 4.78 is 6.14. The minimum absolute atomic E-state index is 0.192. The molecule has 1 N–H and O–H groups in total. The van der Waals surface area contributed by atoms with Crippen LogP contribution in [0.5, 0.6) is 5.75 Å².